The van der Waals surface area contributed by atoms with Crippen LogP contribution in [0.1, 0.15) is 0 Å². The Labute approximate surface area is 163 Å². The van der Waals surface area contributed by atoms with E-state index in [4.69, 9.17) is 26.4 Å². The predicted octanol–water partition coefficient (Wildman–Crippen LogP) is 5.31. The molecule has 0 saturated heterocycles. The average Bonchev–Trinajstić information content (AvgIpc) is 2.70. The number of ether oxygens (including phenoxy) is 3. The van der Waals surface area contributed by atoms with Gasteiger partial charge in [0.15, 0.2) is 5.11 Å². The summed E-state index contributed by atoms with van der Waals surface area (Å²) in [6.45, 7) is 0. The first-order valence-electron chi connectivity index (χ1n) is 8.30. The molecule has 3 aromatic carbocycles. The molecule has 0 amide bonds. The van der Waals surface area contributed by atoms with Crippen molar-refractivity contribution >= 4 is 28.7 Å². The third-order valence-electron chi connectivity index (χ3n) is 3.76. The molecule has 0 aromatic heterocycles. The minimum absolute atomic E-state index is 0.504. The van der Waals surface area contributed by atoms with Crippen molar-refractivity contribution in [2.24, 2.45) is 0 Å². The molecule has 0 aliphatic carbocycles. The largest absolute Gasteiger partial charge is 0.497 e. The molecule has 0 atom stereocenters. The van der Waals surface area contributed by atoms with E-state index in [-0.39, 0.29) is 0 Å². The topological polar surface area (TPSA) is 51.8 Å². The van der Waals surface area contributed by atoms with Gasteiger partial charge in [0.2, 0.25) is 0 Å². The molecular formula is C21H20N2O3S. The number of methoxy groups -OCH3 is 2. The zero-order valence-corrected chi connectivity index (χ0v) is 15.9. The second kappa shape index (κ2) is 8.91. The summed E-state index contributed by atoms with van der Waals surface area (Å²) in [4.78, 5) is 0. The van der Waals surface area contributed by atoms with Crippen molar-refractivity contribution in [3.05, 3.63) is 72.8 Å². The van der Waals surface area contributed by atoms with Gasteiger partial charge in [-0.05, 0) is 85.0 Å². The lowest BCUT2D eigenvalue weighted by Crippen LogP contribution is -2.18. The van der Waals surface area contributed by atoms with Crippen LogP contribution in [-0.4, -0.2) is 19.3 Å². The summed E-state index contributed by atoms with van der Waals surface area (Å²) in [7, 11) is 3.27. The molecule has 0 bridgehead atoms. The van der Waals surface area contributed by atoms with Crippen LogP contribution in [0.2, 0.25) is 0 Å². The Morgan fingerprint density at radius 1 is 0.593 bits per heavy atom. The zero-order chi connectivity index (χ0) is 19.1. The van der Waals surface area contributed by atoms with Crippen LogP contribution in [0.15, 0.2) is 72.8 Å². The first kappa shape index (κ1) is 18.5. The number of hydrogen-bond acceptors (Lipinski definition) is 4. The molecule has 0 aliphatic heterocycles. The Kier molecular flexibility index (Phi) is 6.12. The first-order chi connectivity index (χ1) is 13.2. The van der Waals surface area contributed by atoms with Crippen molar-refractivity contribution in [2.45, 2.75) is 0 Å². The van der Waals surface area contributed by atoms with Crippen molar-refractivity contribution in [1.82, 2.24) is 0 Å². The maximum absolute atomic E-state index is 5.81. The summed E-state index contributed by atoms with van der Waals surface area (Å²) < 4.78 is 16.1. The number of thiocarbonyl (C=S) groups is 1. The van der Waals surface area contributed by atoms with Crippen LogP contribution in [0.5, 0.6) is 23.0 Å². The van der Waals surface area contributed by atoms with Crippen LogP contribution in [-0.2, 0) is 0 Å². The Bertz CT molecular complexity index is 879. The fourth-order valence-corrected chi connectivity index (χ4v) is 2.59. The molecule has 3 aromatic rings. The zero-order valence-electron chi connectivity index (χ0n) is 15.1. The first-order valence-corrected chi connectivity index (χ1v) is 8.71. The monoisotopic (exact) mass is 380 g/mol. The standard InChI is InChI=1S/C21H20N2O3S/c1-24-17-7-3-15(4-8-17)22-21(27)23-16-5-9-19(10-6-16)26-20-13-11-18(25-2)12-14-20/h3-14H,1-2H3,(H2,22,23,27). The lowest BCUT2D eigenvalue weighted by Gasteiger charge is -2.12. The normalized spacial score (nSPS) is 10.0. The van der Waals surface area contributed by atoms with Crippen molar-refractivity contribution in [2.75, 3.05) is 24.9 Å². The Morgan fingerprint density at radius 2 is 0.926 bits per heavy atom. The molecule has 0 aliphatic rings. The smallest absolute Gasteiger partial charge is 0.175 e. The van der Waals surface area contributed by atoms with Crippen molar-refractivity contribution in [3.8, 4) is 23.0 Å². The molecule has 138 valence electrons. The molecule has 27 heavy (non-hydrogen) atoms. The molecule has 2 N–H and O–H groups in total. The van der Waals surface area contributed by atoms with Crippen molar-refractivity contribution in [3.63, 3.8) is 0 Å². The van der Waals surface area contributed by atoms with Crippen LogP contribution in [0.4, 0.5) is 11.4 Å². The Morgan fingerprint density at radius 3 is 1.33 bits per heavy atom. The maximum atomic E-state index is 5.81. The summed E-state index contributed by atoms with van der Waals surface area (Å²) >= 11 is 5.34. The summed E-state index contributed by atoms with van der Waals surface area (Å²) in [5.74, 6) is 3.07. The fourth-order valence-electron chi connectivity index (χ4n) is 2.35. The van der Waals surface area contributed by atoms with Crippen LogP contribution in [0.25, 0.3) is 0 Å². The van der Waals surface area contributed by atoms with Gasteiger partial charge in [0.1, 0.15) is 23.0 Å². The highest BCUT2D eigenvalue weighted by molar-refractivity contribution is 7.80. The van der Waals surface area contributed by atoms with E-state index in [9.17, 15) is 0 Å². The van der Waals surface area contributed by atoms with E-state index >= 15 is 0 Å². The SMILES string of the molecule is COc1ccc(NC(=S)Nc2ccc(Oc3ccc(OC)cc3)cc2)cc1. The molecule has 0 unspecified atom stereocenters. The summed E-state index contributed by atoms with van der Waals surface area (Å²) in [6, 6.07) is 22.5. The van der Waals surface area contributed by atoms with Gasteiger partial charge in [-0.25, -0.2) is 0 Å². The number of anilines is 2. The van der Waals surface area contributed by atoms with Crippen LogP contribution in [0.3, 0.4) is 0 Å². The molecule has 0 heterocycles. The van der Waals surface area contributed by atoms with E-state index in [1.54, 1.807) is 14.2 Å². The molecule has 5 nitrogen and oxygen atoms in total. The van der Waals surface area contributed by atoms with Gasteiger partial charge in [0.05, 0.1) is 14.2 Å². The highest BCUT2D eigenvalue weighted by atomic mass is 32.1. The second-order valence-electron chi connectivity index (χ2n) is 5.61. The number of hydrogen-bond donors (Lipinski definition) is 2. The Balaban J connectivity index is 1.55. The molecule has 3 rings (SSSR count). The summed E-state index contributed by atoms with van der Waals surface area (Å²) in [6.07, 6.45) is 0. The van der Waals surface area contributed by atoms with E-state index < -0.39 is 0 Å². The summed E-state index contributed by atoms with van der Waals surface area (Å²) in [5, 5.41) is 6.77. The molecule has 0 saturated carbocycles. The molecule has 0 fully saturated rings. The van der Waals surface area contributed by atoms with E-state index in [0.29, 0.717) is 5.11 Å². The fraction of sp³-hybridized carbons (Fsp3) is 0.0952. The second-order valence-corrected chi connectivity index (χ2v) is 6.02. The number of rotatable bonds is 6. The van der Waals surface area contributed by atoms with Gasteiger partial charge in [-0.3, -0.25) is 0 Å². The lowest BCUT2D eigenvalue weighted by molar-refractivity contribution is 0.413. The van der Waals surface area contributed by atoms with Gasteiger partial charge in [0.25, 0.3) is 0 Å². The van der Waals surface area contributed by atoms with Crippen molar-refractivity contribution < 1.29 is 14.2 Å². The quantitative estimate of drug-likeness (QED) is 0.566. The van der Waals surface area contributed by atoms with Gasteiger partial charge < -0.3 is 24.8 Å². The van der Waals surface area contributed by atoms with Gasteiger partial charge in [0, 0.05) is 11.4 Å². The van der Waals surface area contributed by atoms with Gasteiger partial charge in [-0.1, -0.05) is 0 Å². The van der Waals surface area contributed by atoms with Gasteiger partial charge >= 0.3 is 0 Å². The van der Waals surface area contributed by atoms with E-state index in [1.165, 1.54) is 0 Å². The molecule has 6 heteroatoms. The lowest BCUT2D eigenvalue weighted by atomic mass is 10.3. The number of nitrogens with one attached hydrogen (secondary N) is 2. The highest BCUT2D eigenvalue weighted by Crippen LogP contribution is 2.25. The molecule has 0 spiro atoms. The van der Waals surface area contributed by atoms with E-state index in [2.05, 4.69) is 10.6 Å². The Hall–Kier alpha value is -3.25. The predicted molar refractivity (Wildman–Crippen MR) is 112 cm³/mol. The van der Waals surface area contributed by atoms with Crippen LogP contribution < -0.4 is 24.8 Å². The van der Waals surface area contributed by atoms with Crippen molar-refractivity contribution in [1.29, 1.82) is 0 Å². The van der Waals surface area contributed by atoms with Gasteiger partial charge in [-0.2, -0.15) is 0 Å². The average molecular weight is 380 g/mol. The summed E-state index contributed by atoms with van der Waals surface area (Å²) in [5.41, 5.74) is 1.75. The molecule has 0 radical (unpaired) electrons. The number of benzene rings is 3. The maximum Gasteiger partial charge on any atom is 0.175 e. The minimum Gasteiger partial charge on any atom is -0.497 e. The molecular weight excluding hydrogens is 360 g/mol. The minimum atomic E-state index is 0.504. The van der Waals surface area contributed by atoms with Gasteiger partial charge in [-0.15, -0.1) is 0 Å². The van der Waals surface area contributed by atoms with E-state index in [0.717, 1.165) is 34.4 Å². The van der Waals surface area contributed by atoms with Crippen LogP contribution in [0, 0.1) is 0 Å². The van der Waals surface area contributed by atoms with E-state index in [1.807, 2.05) is 72.8 Å². The third-order valence-corrected chi connectivity index (χ3v) is 3.96. The highest BCUT2D eigenvalue weighted by Gasteiger charge is 2.02. The van der Waals surface area contributed by atoms with Crippen LogP contribution >= 0.6 is 12.2 Å². The third kappa shape index (κ3) is 5.36.